The first-order chi connectivity index (χ1) is 14.9. The van der Waals surface area contributed by atoms with E-state index in [1.54, 1.807) is 0 Å². The van der Waals surface area contributed by atoms with E-state index in [9.17, 15) is 70.2 Å². The van der Waals surface area contributed by atoms with Gasteiger partial charge in [-0.05, 0) is 18.2 Å². The summed E-state index contributed by atoms with van der Waals surface area (Å²) >= 11 is 0. The molecular weight excluding hydrogens is 528 g/mol. The summed E-state index contributed by atoms with van der Waals surface area (Å²) in [5.74, 6) is -20.5. The molecular formula is C15H4F16N2O. The van der Waals surface area contributed by atoms with Gasteiger partial charge in [-0.1, -0.05) is 6.07 Å². The van der Waals surface area contributed by atoms with Crippen LogP contribution in [0.25, 0.3) is 0 Å². The molecule has 0 saturated carbocycles. The lowest BCUT2D eigenvalue weighted by Crippen LogP contribution is -2.62. The molecule has 0 aromatic heterocycles. The van der Waals surface area contributed by atoms with Crippen molar-refractivity contribution in [2.45, 2.75) is 42.2 Å². The number of ether oxygens (including phenoxy) is 1. The number of rotatable bonds is 3. The van der Waals surface area contributed by atoms with Gasteiger partial charge >= 0.3 is 42.2 Å². The van der Waals surface area contributed by atoms with Gasteiger partial charge in [0.1, 0.15) is 0 Å². The van der Waals surface area contributed by atoms with Crippen molar-refractivity contribution in [1.29, 1.82) is 0 Å². The zero-order chi connectivity index (χ0) is 26.8. The number of hydrogen-bond acceptors (Lipinski definition) is 3. The van der Waals surface area contributed by atoms with E-state index < -0.39 is 65.1 Å². The fourth-order valence-electron chi connectivity index (χ4n) is 2.27. The Labute approximate surface area is 175 Å². The maximum absolute atomic E-state index is 14.0. The van der Waals surface area contributed by atoms with Crippen LogP contribution in [0.15, 0.2) is 34.3 Å². The summed E-state index contributed by atoms with van der Waals surface area (Å²) in [6.07, 6.45) is -26.4. The summed E-state index contributed by atoms with van der Waals surface area (Å²) in [7, 11) is 0. The van der Waals surface area contributed by atoms with Crippen LogP contribution in [-0.4, -0.2) is 47.8 Å². The summed E-state index contributed by atoms with van der Waals surface area (Å²) < 4.78 is 214. The molecule has 1 heterocycles. The first-order valence-electron chi connectivity index (χ1n) is 7.90. The Morgan fingerprint density at radius 2 is 1.18 bits per heavy atom. The predicted octanol–water partition coefficient (Wildman–Crippen LogP) is 6.53. The van der Waals surface area contributed by atoms with Gasteiger partial charge in [-0.3, -0.25) is 0 Å². The monoisotopic (exact) mass is 532 g/mol. The lowest BCUT2D eigenvalue weighted by atomic mass is 10.1. The van der Waals surface area contributed by atoms with Crippen molar-refractivity contribution in [2.24, 2.45) is 9.98 Å². The number of nitrogens with zero attached hydrogens (tertiary/aromatic N) is 2. The Morgan fingerprint density at radius 1 is 0.676 bits per heavy atom. The van der Waals surface area contributed by atoms with Crippen LogP contribution >= 0.6 is 0 Å². The molecule has 1 aromatic carbocycles. The Kier molecular flexibility index (Phi) is 6.16. The first-order valence-corrected chi connectivity index (χ1v) is 7.90. The maximum atomic E-state index is 14.0. The molecule has 0 aliphatic carbocycles. The minimum absolute atomic E-state index is 0.203. The van der Waals surface area contributed by atoms with E-state index in [2.05, 4.69) is 4.74 Å². The molecule has 0 amide bonds. The lowest BCUT2D eigenvalue weighted by Gasteiger charge is -2.36. The Morgan fingerprint density at radius 3 is 1.59 bits per heavy atom. The number of halogens is 16. The highest BCUT2D eigenvalue weighted by Crippen LogP contribution is 2.52. The van der Waals surface area contributed by atoms with Crippen LogP contribution in [-0.2, 0) is 10.9 Å². The average Bonchev–Trinajstić information content (AvgIpc) is 2.64. The third kappa shape index (κ3) is 4.35. The van der Waals surface area contributed by atoms with Gasteiger partial charge in [0.25, 0.3) is 5.90 Å². The molecule has 2 rings (SSSR count). The van der Waals surface area contributed by atoms with Crippen LogP contribution in [0.3, 0.4) is 0 Å². The summed E-state index contributed by atoms with van der Waals surface area (Å²) in [6.45, 7) is 0. The quantitative estimate of drug-likeness (QED) is 0.408. The second-order valence-corrected chi connectivity index (χ2v) is 6.33. The van der Waals surface area contributed by atoms with Gasteiger partial charge < -0.3 is 4.74 Å². The molecule has 192 valence electrons. The molecule has 0 fully saturated rings. The van der Waals surface area contributed by atoms with Crippen LogP contribution in [0.2, 0.25) is 0 Å². The fourth-order valence-corrected chi connectivity index (χ4v) is 2.27. The van der Waals surface area contributed by atoms with Crippen molar-refractivity contribution in [3.05, 3.63) is 35.4 Å². The van der Waals surface area contributed by atoms with Gasteiger partial charge in [0.15, 0.2) is 0 Å². The van der Waals surface area contributed by atoms with Gasteiger partial charge in [-0.15, -0.1) is 0 Å². The zero-order valence-corrected chi connectivity index (χ0v) is 15.2. The lowest BCUT2D eigenvalue weighted by molar-refractivity contribution is -0.339. The van der Waals surface area contributed by atoms with E-state index in [1.165, 1.54) is 4.99 Å². The van der Waals surface area contributed by atoms with Gasteiger partial charge in [-0.25, -0.2) is 9.98 Å². The van der Waals surface area contributed by atoms with Gasteiger partial charge in [0.2, 0.25) is 5.90 Å². The van der Waals surface area contributed by atoms with Crippen LogP contribution in [0.5, 0.6) is 0 Å². The van der Waals surface area contributed by atoms with Crippen molar-refractivity contribution < 1.29 is 75.0 Å². The normalized spacial score (nSPS) is 18.2. The SMILES string of the molecule is FC(F)(F)c1cccc(C2=NC(C(F)(F)F)(C(F)(F)F)N=C(C(F)(F)C(F)(F)C(F)(F)F)O2)c1. The van der Waals surface area contributed by atoms with Gasteiger partial charge in [-0.2, -0.15) is 70.2 Å². The van der Waals surface area contributed by atoms with Gasteiger partial charge in [0.05, 0.1) is 5.56 Å². The van der Waals surface area contributed by atoms with Crippen molar-refractivity contribution in [3.8, 4) is 0 Å². The molecule has 1 aliphatic rings. The van der Waals surface area contributed by atoms with E-state index in [0.29, 0.717) is 6.07 Å². The van der Waals surface area contributed by atoms with Crippen molar-refractivity contribution >= 4 is 11.8 Å². The second-order valence-electron chi connectivity index (χ2n) is 6.33. The minimum Gasteiger partial charge on any atom is -0.418 e. The molecule has 1 aliphatic heterocycles. The average molecular weight is 532 g/mol. The van der Waals surface area contributed by atoms with E-state index >= 15 is 0 Å². The largest absolute Gasteiger partial charge is 0.460 e. The topological polar surface area (TPSA) is 34.0 Å². The smallest absolute Gasteiger partial charge is 0.418 e. The summed E-state index contributed by atoms with van der Waals surface area (Å²) in [5.41, 5.74) is -9.51. The first kappa shape index (κ1) is 27.5. The highest BCUT2D eigenvalue weighted by atomic mass is 19.4. The predicted molar refractivity (Wildman–Crippen MR) is 77.3 cm³/mol. The van der Waals surface area contributed by atoms with Crippen molar-refractivity contribution in [3.63, 3.8) is 0 Å². The number of hydrogen-bond donors (Lipinski definition) is 0. The summed E-state index contributed by atoms with van der Waals surface area (Å²) in [5, 5.41) is 0. The Hall–Kier alpha value is -2.76. The van der Waals surface area contributed by atoms with E-state index in [0.717, 1.165) is 0 Å². The zero-order valence-electron chi connectivity index (χ0n) is 15.2. The molecule has 0 radical (unpaired) electrons. The van der Waals surface area contributed by atoms with Gasteiger partial charge in [0, 0.05) is 5.56 Å². The minimum atomic E-state index is -7.34. The molecule has 0 atom stereocenters. The van der Waals surface area contributed by atoms with E-state index in [1.807, 2.05) is 4.99 Å². The highest BCUT2D eigenvalue weighted by molar-refractivity contribution is 6.05. The maximum Gasteiger partial charge on any atom is 0.460 e. The van der Waals surface area contributed by atoms with Crippen LogP contribution < -0.4 is 0 Å². The summed E-state index contributed by atoms with van der Waals surface area (Å²) in [4.78, 5) is 3.15. The number of benzene rings is 1. The van der Waals surface area contributed by atoms with E-state index in [-0.39, 0.29) is 18.2 Å². The molecule has 0 saturated heterocycles. The molecule has 0 N–H and O–H groups in total. The highest BCUT2D eigenvalue weighted by Gasteiger charge is 2.80. The third-order valence-corrected chi connectivity index (χ3v) is 3.97. The van der Waals surface area contributed by atoms with E-state index in [4.69, 9.17) is 0 Å². The van der Waals surface area contributed by atoms with Crippen LogP contribution in [0.1, 0.15) is 11.1 Å². The molecule has 0 unspecified atom stereocenters. The second kappa shape index (κ2) is 7.62. The standard InChI is InChI=1S/C15H4F16N2O/c16-9(17,11(21,22)13(23,24)25)8-33-12(14(26,27)28,15(29,30)31)32-7(34-8)5-2-1-3-6(4-5)10(18,19)20/h1-4H. The van der Waals surface area contributed by atoms with Crippen LogP contribution in [0.4, 0.5) is 70.2 Å². The number of alkyl halides is 16. The molecule has 34 heavy (non-hydrogen) atoms. The van der Waals surface area contributed by atoms with Crippen LogP contribution in [0, 0.1) is 0 Å². The molecule has 1 aromatic rings. The summed E-state index contributed by atoms with van der Waals surface area (Å²) in [6, 6.07) is 0.476. The Bertz CT molecular complexity index is 981. The molecule has 19 heteroatoms. The van der Waals surface area contributed by atoms with Crippen molar-refractivity contribution in [1.82, 2.24) is 0 Å². The molecule has 3 nitrogen and oxygen atoms in total. The molecule has 0 spiro atoms. The Balaban J connectivity index is 2.89. The number of aliphatic imine (C=N–C) groups is 2. The molecule has 0 bridgehead atoms. The third-order valence-electron chi connectivity index (χ3n) is 3.97. The van der Waals surface area contributed by atoms with Crippen molar-refractivity contribution in [2.75, 3.05) is 0 Å². The fraction of sp³-hybridized carbons (Fsp3) is 0.467.